The molecule has 0 fully saturated rings. The number of rotatable bonds is 7. The molecule has 0 unspecified atom stereocenters. The molecule has 2 aromatic rings. The SMILES string of the molecule is CC(C)(C)OC(=O)NCCNc1ncc(OCc2ccc(Br)cn2)cn1. The molecule has 0 atom stereocenters. The number of nitrogens with zero attached hydrogens (tertiary/aromatic N) is 3. The predicted octanol–water partition coefficient (Wildman–Crippen LogP) is 3.15. The van der Waals surface area contributed by atoms with E-state index < -0.39 is 11.7 Å². The van der Waals surface area contributed by atoms with Crippen LogP contribution >= 0.6 is 15.9 Å². The van der Waals surface area contributed by atoms with Crippen LogP contribution in [0.4, 0.5) is 10.7 Å². The lowest BCUT2D eigenvalue weighted by atomic mass is 10.2. The van der Waals surface area contributed by atoms with Gasteiger partial charge in [-0.05, 0) is 48.8 Å². The van der Waals surface area contributed by atoms with E-state index in [-0.39, 0.29) is 0 Å². The molecule has 8 nitrogen and oxygen atoms in total. The molecular weight excluding hydrogens is 402 g/mol. The molecule has 2 aromatic heterocycles. The normalized spacial score (nSPS) is 10.9. The lowest BCUT2D eigenvalue weighted by Gasteiger charge is -2.19. The summed E-state index contributed by atoms with van der Waals surface area (Å²) in [7, 11) is 0. The quantitative estimate of drug-likeness (QED) is 0.659. The Labute approximate surface area is 160 Å². The maximum Gasteiger partial charge on any atom is 0.407 e. The fourth-order valence-electron chi connectivity index (χ4n) is 1.78. The van der Waals surface area contributed by atoms with E-state index >= 15 is 0 Å². The van der Waals surface area contributed by atoms with Crippen molar-refractivity contribution in [3.8, 4) is 5.75 Å². The second-order valence-electron chi connectivity index (χ2n) is 6.35. The summed E-state index contributed by atoms with van der Waals surface area (Å²) in [5.41, 5.74) is 0.297. The molecule has 0 bridgehead atoms. The largest absolute Gasteiger partial charge is 0.484 e. The summed E-state index contributed by atoms with van der Waals surface area (Å²) in [6, 6.07) is 3.78. The summed E-state index contributed by atoms with van der Waals surface area (Å²) in [5.74, 6) is 0.997. The minimum Gasteiger partial charge on any atom is -0.484 e. The summed E-state index contributed by atoms with van der Waals surface area (Å²) < 4.78 is 11.6. The molecule has 9 heteroatoms. The van der Waals surface area contributed by atoms with Crippen molar-refractivity contribution >= 4 is 28.0 Å². The molecule has 0 spiro atoms. The summed E-state index contributed by atoms with van der Waals surface area (Å²) in [4.78, 5) is 24.1. The Kier molecular flexibility index (Phi) is 7.14. The lowest BCUT2D eigenvalue weighted by Crippen LogP contribution is -2.35. The van der Waals surface area contributed by atoms with Crippen LogP contribution in [0.2, 0.25) is 0 Å². The van der Waals surface area contributed by atoms with E-state index in [0.29, 0.717) is 31.4 Å². The van der Waals surface area contributed by atoms with E-state index in [9.17, 15) is 4.79 Å². The topological polar surface area (TPSA) is 98.3 Å². The average Bonchev–Trinajstić information content (AvgIpc) is 2.58. The number of carbonyl (C=O) groups is 1. The van der Waals surface area contributed by atoms with Crippen molar-refractivity contribution in [2.24, 2.45) is 0 Å². The van der Waals surface area contributed by atoms with Crippen LogP contribution in [-0.4, -0.2) is 39.7 Å². The fourth-order valence-corrected chi connectivity index (χ4v) is 2.02. The molecule has 0 aromatic carbocycles. The molecule has 0 aliphatic carbocycles. The number of hydrogen-bond donors (Lipinski definition) is 2. The van der Waals surface area contributed by atoms with Gasteiger partial charge < -0.3 is 20.1 Å². The molecule has 26 heavy (non-hydrogen) atoms. The minimum atomic E-state index is -0.512. The molecular formula is C17H22BrN5O3. The Morgan fingerprint density at radius 3 is 2.46 bits per heavy atom. The van der Waals surface area contributed by atoms with Gasteiger partial charge in [-0.25, -0.2) is 14.8 Å². The van der Waals surface area contributed by atoms with Crippen molar-refractivity contribution in [1.82, 2.24) is 20.3 Å². The van der Waals surface area contributed by atoms with Crippen molar-refractivity contribution in [1.29, 1.82) is 0 Å². The van der Waals surface area contributed by atoms with Crippen LogP contribution in [0, 0.1) is 0 Å². The van der Waals surface area contributed by atoms with E-state index in [2.05, 4.69) is 41.5 Å². The zero-order chi connectivity index (χ0) is 19.0. The third kappa shape index (κ3) is 7.64. The molecule has 0 saturated heterocycles. The van der Waals surface area contributed by atoms with Gasteiger partial charge in [0.05, 0.1) is 18.1 Å². The standard InChI is InChI=1S/C17H22BrN5O3/c1-17(2,3)26-16(24)20-7-6-19-15-22-9-14(10-23-15)25-11-13-5-4-12(18)8-21-13/h4-5,8-10H,6-7,11H2,1-3H3,(H,20,24)(H,19,22,23). The van der Waals surface area contributed by atoms with Crippen molar-refractivity contribution in [3.63, 3.8) is 0 Å². The molecule has 2 N–H and O–H groups in total. The summed E-state index contributed by atoms with van der Waals surface area (Å²) in [6.45, 7) is 6.65. The van der Waals surface area contributed by atoms with Gasteiger partial charge in [0.25, 0.3) is 0 Å². The number of hydrogen-bond acceptors (Lipinski definition) is 7. The number of halogens is 1. The van der Waals surface area contributed by atoms with Gasteiger partial charge in [-0.2, -0.15) is 0 Å². The van der Waals surface area contributed by atoms with Crippen molar-refractivity contribution in [2.75, 3.05) is 18.4 Å². The summed E-state index contributed by atoms with van der Waals surface area (Å²) >= 11 is 3.34. The Hall–Kier alpha value is -2.42. The van der Waals surface area contributed by atoms with Gasteiger partial charge in [0.15, 0.2) is 5.75 Å². The van der Waals surface area contributed by atoms with Gasteiger partial charge in [-0.3, -0.25) is 4.98 Å². The molecule has 140 valence electrons. The first kappa shape index (κ1) is 19.9. The Balaban J connectivity index is 1.68. The lowest BCUT2D eigenvalue weighted by molar-refractivity contribution is 0.0530. The van der Waals surface area contributed by atoms with Gasteiger partial charge in [-0.1, -0.05) is 0 Å². The van der Waals surface area contributed by atoms with E-state index in [4.69, 9.17) is 9.47 Å². The van der Waals surface area contributed by atoms with Crippen LogP contribution in [-0.2, 0) is 11.3 Å². The average molecular weight is 424 g/mol. The van der Waals surface area contributed by atoms with E-state index in [1.165, 1.54) is 0 Å². The van der Waals surface area contributed by atoms with Gasteiger partial charge in [0, 0.05) is 23.8 Å². The number of nitrogens with one attached hydrogen (secondary N) is 2. The van der Waals surface area contributed by atoms with Crippen LogP contribution in [0.3, 0.4) is 0 Å². The first-order valence-corrected chi connectivity index (χ1v) is 8.87. The van der Waals surface area contributed by atoms with Gasteiger partial charge in [-0.15, -0.1) is 0 Å². The predicted molar refractivity (Wildman–Crippen MR) is 101 cm³/mol. The first-order chi connectivity index (χ1) is 12.3. The highest BCUT2D eigenvalue weighted by atomic mass is 79.9. The van der Waals surface area contributed by atoms with Crippen LogP contribution in [0.25, 0.3) is 0 Å². The van der Waals surface area contributed by atoms with E-state index in [1.807, 2.05) is 32.9 Å². The van der Waals surface area contributed by atoms with Gasteiger partial charge >= 0.3 is 6.09 Å². The Bertz CT molecular complexity index is 702. The van der Waals surface area contributed by atoms with Crippen LogP contribution in [0.15, 0.2) is 35.2 Å². The van der Waals surface area contributed by atoms with Gasteiger partial charge in [0.1, 0.15) is 12.2 Å². The smallest absolute Gasteiger partial charge is 0.407 e. The van der Waals surface area contributed by atoms with E-state index in [0.717, 1.165) is 10.2 Å². The van der Waals surface area contributed by atoms with Crippen LogP contribution in [0.1, 0.15) is 26.5 Å². The third-order valence-electron chi connectivity index (χ3n) is 2.88. The maximum absolute atomic E-state index is 11.5. The monoisotopic (exact) mass is 423 g/mol. The van der Waals surface area contributed by atoms with Crippen molar-refractivity contribution in [3.05, 3.63) is 40.9 Å². The van der Waals surface area contributed by atoms with Crippen molar-refractivity contribution in [2.45, 2.75) is 33.0 Å². The molecule has 0 aliphatic rings. The van der Waals surface area contributed by atoms with Crippen molar-refractivity contribution < 1.29 is 14.3 Å². The fraction of sp³-hybridized carbons (Fsp3) is 0.412. The minimum absolute atomic E-state index is 0.337. The zero-order valence-electron chi connectivity index (χ0n) is 15.0. The molecule has 2 heterocycles. The van der Waals surface area contributed by atoms with Crippen LogP contribution < -0.4 is 15.4 Å². The molecule has 0 saturated carbocycles. The zero-order valence-corrected chi connectivity index (χ0v) is 16.5. The number of ether oxygens (including phenoxy) is 2. The highest BCUT2D eigenvalue weighted by Crippen LogP contribution is 2.12. The molecule has 0 radical (unpaired) electrons. The number of carbonyl (C=O) groups excluding carboxylic acids is 1. The number of amides is 1. The summed E-state index contributed by atoms with van der Waals surface area (Å²) in [5, 5.41) is 5.65. The highest BCUT2D eigenvalue weighted by molar-refractivity contribution is 9.10. The second-order valence-corrected chi connectivity index (χ2v) is 7.27. The number of aromatic nitrogens is 3. The molecule has 1 amide bonds. The maximum atomic E-state index is 11.5. The molecule has 2 rings (SSSR count). The van der Waals surface area contributed by atoms with Gasteiger partial charge in [0.2, 0.25) is 5.95 Å². The Morgan fingerprint density at radius 1 is 1.12 bits per heavy atom. The number of pyridine rings is 1. The Morgan fingerprint density at radius 2 is 1.85 bits per heavy atom. The highest BCUT2D eigenvalue weighted by Gasteiger charge is 2.15. The first-order valence-electron chi connectivity index (χ1n) is 8.08. The number of anilines is 1. The molecule has 0 aliphatic heterocycles. The third-order valence-corrected chi connectivity index (χ3v) is 3.35. The number of alkyl carbamates (subject to hydrolysis) is 1. The summed E-state index contributed by atoms with van der Waals surface area (Å²) in [6.07, 6.45) is 4.42. The second kappa shape index (κ2) is 9.33. The van der Waals surface area contributed by atoms with E-state index in [1.54, 1.807) is 18.6 Å². The van der Waals surface area contributed by atoms with Crippen LogP contribution in [0.5, 0.6) is 5.75 Å².